The van der Waals surface area contributed by atoms with Crippen LogP contribution in [0.15, 0.2) is 29.2 Å². The Morgan fingerprint density at radius 3 is 3.06 bits per heavy atom. The molecule has 0 amide bonds. The molecule has 1 fully saturated rings. The number of piperidine rings is 1. The molecule has 17 heavy (non-hydrogen) atoms. The third-order valence-corrected chi connectivity index (χ3v) is 4.96. The first-order valence-electron chi connectivity index (χ1n) is 6.46. The van der Waals surface area contributed by atoms with Gasteiger partial charge in [-0.15, -0.1) is 11.8 Å². The number of nitrogens with zero attached hydrogens (tertiary/aromatic N) is 1. The maximum Gasteiger partial charge on any atom is 0.0667 e. The lowest BCUT2D eigenvalue weighted by molar-refractivity contribution is 0.0711. The van der Waals surface area contributed by atoms with E-state index in [1.807, 2.05) is 11.8 Å². The van der Waals surface area contributed by atoms with Crippen molar-refractivity contribution < 1.29 is 5.11 Å². The number of thioether (sulfide) groups is 1. The van der Waals surface area contributed by atoms with E-state index in [0.29, 0.717) is 5.25 Å². The van der Waals surface area contributed by atoms with Gasteiger partial charge in [-0.05, 0) is 37.4 Å². The molecule has 2 heterocycles. The van der Waals surface area contributed by atoms with Gasteiger partial charge in [0.15, 0.2) is 0 Å². The quantitative estimate of drug-likeness (QED) is 0.869. The van der Waals surface area contributed by atoms with Crippen LogP contribution in [0.1, 0.15) is 18.4 Å². The molecule has 3 rings (SSSR count). The topological polar surface area (TPSA) is 23.5 Å². The summed E-state index contributed by atoms with van der Waals surface area (Å²) in [6, 6.07) is 8.73. The molecule has 3 heteroatoms. The second-order valence-corrected chi connectivity index (χ2v) is 6.45. The van der Waals surface area contributed by atoms with Gasteiger partial charge in [0, 0.05) is 23.2 Å². The average Bonchev–Trinajstić information content (AvgIpc) is 2.71. The second-order valence-electron chi connectivity index (χ2n) is 5.11. The minimum Gasteiger partial charge on any atom is -0.392 e. The maximum atomic E-state index is 9.68. The van der Waals surface area contributed by atoms with E-state index in [-0.39, 0.29) is 6.10 Å². The van der Waals surface area contributed by atoms with Crippen molar-refractivity contribution in [2.24, 2.45) is 0 Å². The van der Waals surface area contributed by atoms with Crippen LogP contribution in [0.2, 0.25) is 0 Å². The summed E-state index contributed by atoms with van der Waals surface area (Å²) >= 11 is 2.01. The van der Waals surface area contributed by atoms with Gasteiger partial charge in [0.25, 0.3) is 0 Å². The number of fused-ring (bicyclic) bond motifs is 1. The molecule has 0 aromatic heterocycles. The Morgan fingerprint density at radius 1 is 1.35 bits per heavy atom. The number of aliphatic hydroxyl groups excluding tert-OH is 1. The summed E-state index contributed by atoms with van der Waals surface area (Å²) in [5.74, 6) is 0. The lowest BCUT2D eigenvalue weighted by Crippen LogP contribution is -2.41. The molecule has 0 radical (unpaired) electrons. The Bertz CT molecular complexity index is 371. The fourth-order valence-corrected chi connectivity index (χ4v) is 4.21. The molecule has 92 valence electrons. The fourth-order valence-electron chi connectivity index (χ4n) is 2.84. The molecule has 2 aliphatic rings. The molecular formula is C14H19NOS. The smallest absolute Gasteiger partial charge is 0.0667 e. The van der Waals surface area contributed by atoms with Crippen molar-refractivity contribution in [3.63, 3.8) is 0 Å². The third kappa shape index (κ3) is 2.67. The molecule has 1 aromatic rings. The van der Waals surface area contributed by atoms with Crippen LogP contribution in [0.5, 0.6) is 0 Å². The van der Waals surface area contributed by atoms with Crippen LogP contribution in [-0.4, -0.2) is 41.0 Å². The van der Waals surface area contributed by atoms with Crippen molar-refractivity contribution in [1.82, 2.24) is 4.90 Å². The summed E-state index contributed by atoms with van der Waals surface area (Å²) in [5.41, 5.74) is 1.50. The van der Waals surface area contributed by atoms with Crippen LogP contribution in [-0.2, 0) is 6.42 Å². The number of hydrogen-bond acceptors (Lipinski definition) is 3. The van der Waals surface area contributed by atoms with Crippen LogP contribution in [0.3, 0.4) is 0 Å². The van der Waals surface area contributed by atoms with E-state index in [0.717, 1.165) is 32.5 Å². The number of benzene rings is 1. The van der Waals surface area contributed by atoms with Gasteiger partial charge in [0.2, 0.25) is 0 Å². The van der Waals surface area contributed by atoms with Crippen molar-refractivity contribution in [2.75, 3.05) is 19.6 Å². The van der Waals surface area contributed by atoms with Gasteiger partial charge in [-0.1, -0.05) is 18.2 Å². The lowest BCUT2D eigenvalue weighted by atomic mass is 10.1. The highest BCUT2D eigenvalue weighted by Crippen LogP contribution is 2.37. The summed E-state index contributed by atoms with van der Waals surface area (Å²) in [6.45, 7) is 3.15. The molecule has 0 bridgehead atoms. The Morgan fingerprint density at radius 2 is 2.24 bits per heavy atom. The van der Waals surface area contributed by atoms with Gasteiger partial charge in [0.05, 0.1) is 6.10 Å². The minimum atomic E-state index is -0.0995. The van der Waals surface area contributed by atoms with Crippen LogP contribution >= 0.6 is 11.8 Å². The van der Waals surface area contributed by atoms with Crippen molar-refractivity contribution in [1.29, 1.82) is 0 Å². The number of likely N-dealkylation sites (tertiary alicyclic amines) is 1. The van der Waals surface area contributed by atoms with Crippen LogP contribution in [0.25, 0.3) is 0 Å². The molecule has 0 saturated carbocycles. The minimum absolute atomic E-state index is 0.0995. The number of aliphatic hydroxyl groups is 1. The summed E-state index contributed by atoms with van der Waals surface area (Å²) in [7, 11) is 0. The Labute approximate surface area is 107 Å². The fraction of sp³-hybridized carbons (Fsp3) is 0.571. The predicted octanol–water partition coefficient (Wildman–Crippen LogP) is 2.16. The van der Waals surface area contributed by atoms with Crippen molar-refractivity contribution in [2.45, 2.75) is 35.5 Å². The zero-order valence-corrected chi connectivity index (χ0v) is 10.8. The number of β-amino-alcohol motifs (C(OH)–C–C–N with tert-alkyl or cyclic N) is 1. The monoisotopic (exact) mass is 249 g/mol. The largest absolute Gasteiger partial charge is 0.392 e. The summed E-state index contributed by atoms with van der Waals surface area (Å²) < 4.78 is 0. The van der Waals surface area contributed by atoms with E-state index in [2.05, 4.69) is 29.2 Å². The van der Waals surface area contributed by atoms with Crippen LogP contribution < -0.4 is 0 Å². The number of rotatable bonds is 2. The average molecular weight is 249 g/mol. The maximum absolute atomic E-state index is 9.68. The first-order valence-corrected chi connectivity index (χ1v) is 7.34. The van der Waals surface area contributed by atoms with E-state index in [9.17, 15) is 5.11 Å². The molecule has 0 spiro atoms. The summed E-state index contributed by atoms with van der Waals surface area (Å²) in [6.07, 6.45) is 3.21. The van der Waals surface area contributed by atoms with E-state index >= 15 is 0 Å². The summed E-state index contributed by atoms with van der Waals surface area (Å²) in [4.78, 5) is 3.88. The number of hydrogen-bond donors (Lipinski definition) is 1. The van der Waals surface area contributed by atoms with E-state index in [1.165, 1.54) is 16.9 Å². The highest BCUT2D eigenvalue weighted by Gasteiger charge is 2.26. The Hall–Kier alpha value is -0.510. The molecule has 0 aliphatic carbocycles. The first-order chi connectivity index (χ1) is 8.31. The first kappa shape index (κ1) is 11.6. The van der Waals surface area contributed by atoms with E-state index < -0.39 is 0 Å². The normalized spacial score (nSPS) is 29.2. The van der Waals surface area contributed by atoms with Gasteiger partial charge in [-0.3, -0.25) is 4.90 Å². The van der Waals surface area contributed by atoms with Crippen molar-refractivity contribution in [3.8, 4) is 0 Å². The third-order valence-electron chi connectivity index (χ3n) is 3.66. The predicted molar refractivity (Wildman–Crippen MR) is 71.5 cm³/mol. The van der Waals surface area contributed by atoms with Crippen molar-refractivity contribution in [3.05, 3.63) is 29.8 Å². The zero-order valence-electron chi connectivity index (χ0n) is 10.0. The molecule has 2 aliphatic heterocycles. The van der Waals surface area contributed by atoms with Gasteiger partial charge < -0.3 is 5.11 Å². The lowest BCUT2D eigenvalue weighted by Gasteiger charge is -2.31. The zero-order chi connectivity index (χ0) is 11.7. The second kappa shape index (κ2) is 5.01. The van der Waals surface area contributed by atoms with Gasteiger partial charge >= 0.3 is 0 Å². The molecule has 1 N–H and O–H groups in total. The standard InChI is InChI=1S/C14H19NOS/c16-12-5-3-7-15(9-12)10-13-8-11-4-1-2-6-14(11)17-13/h1-2,4,6,12-13,16H,3,5,7-10H2/t12-,13?/m0/s1. The van der Waals surface area contributed by atoms with E-state index in [1.54, 1.807) is 0 Å². The van der Waals surface area contributed by atoms with Crippen LogP contribution in [0, 0.1) is 0 Å². The van der Waals surface area contributed by atoms with E-state index in [4.69, 9.17) is 0 Å². The van der Waals surface area contributed by atoms with Gasteiger partial charge in [0.1, 0.15) is 0 Å². The summed E-state index contributed by atoms with van der Waals surface area (Å²) in [5, 5.41) is 10.4. The molecule has 1 saturated heterocycles. The SMILES string of the molecule is O[C@H]1CCCN(CC2Cc3ccccc3S2)C1. The van der Waals surface area contributed by atoms with Crippen LogP contribution in [0.4, 0.5) is 0 Å². The molecule has 1 aromatic carbocycles. The van der Waals surface area contributed by atoms with Crippen molar-refractivity contribution >= 4 is 11.8 Å². The highest BCUT2D eigenvalue weighted by atomic mass is 32.2. The van der Waals surface area contributed by atoms with Gasteiger partial charge in [-0.2, -0.15) is 0 Å². The molecular weight excluding hydrogens is 230 g/mol. The molecule has 1 unspecified atom stereocenters. The highest BCUT2D eigenvalue weighted by molar-refractivity contribution is 8.00. The Balaban J connectivity index is 1.58. The molecule has 2 atom stereocenters. The van der Waals surface area contributed by atoms with Gasteiger partial charge in [-0.25, -0.2) is 0 Å². The molecule has 2 nitrogen and oxygen atoms in total. The Kier molecular flexibility index (Phi) is 3.41.